The molecule has 1 fully saturated rings. The number of benzene rings is 1. The lowest BCUT2D eigenvalue weighted by molar-refractivity contribution is -0.155. The molecule has 2 aromatic rings. The van der Waals surface area contributed by atoms with E-state index in [-0.39, 0.29) is 18.2 Å². The van der Waals surface area contributed by atoms with Crippen LogP contribution in [0.25, 0.3) is 11.0 Å². The van der Waals surface area contributed by atoms with Gasteiger partial charge in [-0.1, -0.05) is 46.5 Å². The van der Waals surface area contributed by atoms with Gasteiger partial charge in [0, 0.05) is 12.6 Å². The Morgan fingerprint density at radius 2 is 2.00 bits per heavy atom. The first-order chi connectivity index (χ1) is 15.5. The van der Waals surface area contributed by atoms with Crippen LogP contribution in [0.3, 0.4) is 0 Å². The predicted molar refractivity (Wildman–Crippen MR) is 125 cm³/mol. The van der Waals surface area contributed by atoms with Gasteiger partial charge in [-0.3, -0.25) is 19.6 Å². The molecule has 2 atom stereocenters. The SMILES string of the molecule is Cn1c(N)nc2cc(C(=O)[C@@H](NC(=O)[C@H](CC3CCCC3)CN(O)C=O)C(C)(C)C)ccc21. The fourth-order valence-electron chi connectivity index (χ4n) is 4.66. The van der Waals surface area contributed by atoms with Crippen LogP contribution in [0.5, 0.6) is 0 Å². The summed E-state index contributed by atoms with van der Waals surface area (Å²) in [7, 11) is 1.80. The maximum absolute atomic E-state index is 13.5. The van der Waals surface area contributed by atoms with Crippen LogP contribution < -0.4 is 11.1 Å². The van der Waals surface area contributed by atoms with Crippen molar-refractivity contribution in [2.45, 2.75) is 58.9 Å². The van der Waals surface area contributed by atoms with Crippen molar-refractivity contribution < 1.29 is 19.6 Å². The number of aryl methyl sites for hydroxylation is 1. The van der Waals surface area contributed by atoms with Crippen LogP contribution in [0.4, 0.5) is 5.95 Å². The van der Waals surface area contributed by atoms with Gasteiger partial charge in [-0.25, -0.2) is 10.0 Å². The third kappa shape index (κ3) is 5.71. The smallest absolute Gasteiger partial charge is 0.233 e. The Hall–Kier alpha value is -2.94. The fraction of sp³-hybridized carbons (Fsp3) is 0.583. The second-order valence-corrected chi connectivity index (χ2v) is 10.2. The Balaban J connectivity index is 1.84. The lowest BCUT2D eigenvalue weighted by Crippen LogP contribution is -2.52. The molecule has 4 N–H and O–H groups in total. The van der Waals surface area contributed by atoms with E-state index in [9.17, 15) is 19.6 Å². The topological polar surface area (TPSA) is 131 Å². The summed E-state index contributed by atoms with van der Waals surface area (Å²) in [6, 6.07) is 4.41. The number of aromatic nitrogens is 2. The van der Waals surface area contributed by atoms with Gasteiger partial charge in [0.2, 0.25) is 18.3 Å². The van der Waals surface area contributed by atoms with Crippen molar-refractivity contribution in [3.05, 3.63) is 23.8 Å². The molecule has 1 aromatic carbocycles. The standard InChI is InChI=1S/C24H35N5O4/c1-24(2,3)21(20(31)16-9-10-19-18(12-16)26-23(25)28(19)4)27-22(32)17(13-29(33)14-30)11-15-7-5-6-8-15/h9-10,12,14-15,17,21,33H,5-8,11,13H2,1-4H3,(H2,25,26)(H,27,32)/t17-,21-/m1/s1. The zero-order valence-corrected chi connectivity index (χ0v) is 19.9. The van der Waals surface area contributed by atoms with E-state index in [0.29, 0.717) is 40.8 Å². The summed E-state index contributed by atoms with van der Waals surface area (Å²) in [5, 5.41) is 13.2. The largest absolute Gasteiger partial charge is 0.369 e. The summed E-state index contributed by atoms with van der Waals surface area (Å²) in [5.74, 6) is -0.425. The first-order valence-corrected chi connectivity index (χ1v) is 11.5. The van der Waals surface area contributed by atoms with Crippen LogP contribution in [-0.2, 0) is 16.6 Å². The Kier molecular flexibility index (Phi) is 7.41. The maximum atomic E-state index is 13.5. The number of nitrogens with two attached hydrogens (primary N) is 1. The minimum Gasteiger partial charge on any atom is -0.369 e. The molecular formula is C24H35N5O4. The van der Waals surface area contributed by atoms with Gasteiger partial charge in [0.25, 0.3) is 0 Å². The third-order valence-electron chi connectivity index (χ3n) is 6.61. The van der Waals surface area contributed by atoms with E-state index in [1.807, 2.05) is 20.8 Å². The molecule has 1 aromatic heterocycles. The Morgan fingerprint density at radius 3 is 2.61 bits per heavy atom. The molecule has 180 valence electrons. The highest BCUT2D eigenvalue weighted by molar-refractivity contribution is 6.04. The summed E-state index contributed by atoms with van der Waals surface area (Å²) in [6.45, 7) is 5.57. The molecule has 0 aliphatic heterocycles. The van der Waals surface area contributed by atoms with Gasteiger partial charge in [-0.05, 0) is 36.0 Å². The van der Waals surface area contributed by atoms with Gasteiger partial charge in [0.05, 0.1) is 29.5 Å². The third-order valence-corrected chi connectivity index (χ3v) is 6.61. The van der Waals surface area contributed by atoms with E-state index in [0.717, 1.165) is 31.2 Å². The molecule has 1 aliphatic rings. The number of imidazole rings is 1. The van der Waals surface area contributed by atoms with Crippen LogP contribution in [0.15, 0.2) is 18.2 Å². The van der Waals surface area contributed by atoms with E-state index >= 15 is 0 Å². The average Bonchev–Trinajstić information content (AvgIpc) is 3.37. The van der Waals surface area contributed by atoms with Crippen molar-refractivity contribution in [2.75, 3.05) is 12.3 Å². The molecule has 1 aliphatic carbocycles. The molecule has 0 bridgehead atoms. The van der Waals surface area contributed by atoms with Crippen molar-refractivity contribution in [3.63, 3.8) is 0 Å². The van der Waals surface area contributed by atoms with Crippen LogP contribution >= 0.6 is 0 Å². The number of fused-ring (bicyclic) bond motifs is 1. The molecule has 33 heavy (non-hydrogen) atoms. The van der Waals surface area contributed by atoms with Crippen molar-refractivity contribution in [1.29, 1.82) is 0 Å². The molecular weight excluding hydrogens is 422 g/mol. The number of carbonyl (C=O) groups is 3. The summed E-state index contributed by atoms with van der Waals surface area (Å²) in [4.78, 5) is 42.1. The van der Waals surface area contributed by atoms with Crippen molar-refractivity contribution in [2.24, 2.45) is 24.3 Å². The number of nitrogen functional groups attached to an aromatic ring is 1. The van der Waals surface area contributed by atoms with E-state index in [4.69, 9.17) is 5.73 Å². The Bertz CT molecular complexity index is 1020. The summed E-state index contributed by atoms with van der Waals surface area (Å²) in [6.07, 6.45) is 5.19. The highest BCUT2D eigenvalue weighted by atomic mass is 16.5. The Labute approximate surface area is 194 Å². The summed E-state index contributed by atoms with van der Waals surface area (Å²) in [5.41, 5.74) is 7.18. The van der Waals surface area contributed by atoms with Gasteiger partial charge in [-0.2, -0.15) is 0 Å². The van der Waals surface area contributed by atoms with Gasteiger partial charge >= 0.3 is 0 Å². The first-order valence-electron chi connectivity index (χ1n) is 11.5. The lowest BCUT2D eigenvalue weighted by Gasteiger charge is -2.32. The number of hydroxylamine groups is 2. The second-order valence-electron chi connectivity index (χ2n) is 10.2. The van der Waals surface area contributed by atoms with Crippen molar-refractivity contribution in [1.82, 2.24) is 19.9 Å². The number of amides is 2. The zero-order valence-electron chi connectivity index (χ0n) is 19.9. The van der Waals surface area contributed by atoms with Crippen molar-refractivity contribution >= 4 is 35.1 Å². The molecule has 0 radical (unpaired) electrons. The van der Waals surface area contributed by atoms with Gasteiger partial charge in [0.15, 0.2) is 5.78 Å². The number of anilines is 1. The van der Waals surface area contributed by atoms with E-state index in [1.165, 1.54) is 0 Å². The monoisotopic (exact) mass is 457 g/mol. The molecule has 0 unspecified atom stereocenters. The van der Waals surface area contributed by atoms with Crippen LogP contribution in [0, 0.1) is 17.3 Å². The Morgan fingerprint density at radius 1 is 1.33 bits per heavy atom. The van der Waals surface area contributed by atoms with Crippen LogP contribution in [0.1, 0.15) is 63.2 Å². The highest BCUT2D eigenvalue weighted by Crippen LogP contribution is 2.31. The van der Waals surface area contributed by atoms with Gasteiger partial charge in [-0.15, -0.1) is 0 Å². The molecule has 0 spiro atoms. The molecule has 3 rings (SSSR count). The molecule has 2 amide bonds. The highest BCUT2D eigenvalue weighted by Gasteiger charge is 2.36. The van der Waals surface area contributed by atoms with E-state index < -0.39 is 17.4 Å². The number of ketones is 1. The number of nitrogens with zero attached hydrogens (tertiary/aromatic N) is 3. The number of carbonyl (C=O) groups excluding carboxylic acids is 3. The summed E-state index contributed by atoms with van der Waals surface area (Å²) < 4.78 is 1.74. The fourth-order valence-corrected chi connectivity index (χ4v) is 4.66. The number of hydrogen-bond donors (Lipinski definition) is 3. The molecule has 9 nitrogen and oxygen atoms in total. The van der Waals surface area contributed by atoms with E-state index in [2.05, 4.69) is 10.3 Å². The number of hydrogen-bond acceptors (Lipinski definition) is 6. The maximum Gasteiger partial charge on any atom is 0.233 e. The first kappa shape index (κ1) is 24.7. The van der Waals surface area contributed by atoms with Gasteiger partial charge < -0.3 is 15.6 Å². The number of nitrogens with one attached hydrogen (secondary N) is 1. The summed E-state index contributed by atoms with van der Waals surface area (Å²) >= 11 is 0. The minimum absolute atomic E-state index is 0.101. The minimum atomic E-state index is -0.794. The average molecular weight is 458 g/mol. The van der Waals surface area contributed by atoms with E-state index in [1.54, 1.807) is 29.8 Å². The number of rotatable bonds is 9. The number of Topliss-reactive ketones (excluding diaryl/α,β-unsaturated/α-hetero) is 1. The zero-order chi connectivity index (χ0) is 24.3. The molecule has 1 saturated carbocycles. The normalized spacial score (nSPS) is 16.5. The van der Waals surface area contributed by atoms with Crippen LogP contribution in [0.2, 0.25) is 0 Å². The molecule has 1 heterocycles. The molecule has 9 heteroatoms. The lowest BCUT2D eigenvalue weighted by atomic mass is 9.81. The van der Waals surface area contributed by atoms with Crippen molar-refractivity contribution in [3.8, 4) is 0 Å². The predicted octanol–water partition coefficient (Wildman–Crippen LogP) is 2.91. The quantitative estimate of drug-likeness (QED) is 0.230. The molecule has 0 saturated heterocycles. The van der Waals surface area contributed by atoms with Gasteiger partial charge in [0.1, 0.15) is 0 Å². The van der Waals surface area contributed by atoms with Crippen LogP contribution in [-0.4, -0.2) is 50.5 Å². The second kappa shape index (κ2) is 9.91.